The molecular weight excluding hydrogens is 136 g/mol. The maximum Gasteiger partial charge on any atom is 0.0466 e. The van der Waals surface area contributed by atoms with Crippen LogP contribution >= 0.6 is 0 Å². The van der Waals surface area contributed by atoms with Gasteiger partial charge in [0.2, 0.25) is 0 Å². The Kier molecular flexibility index (Phi) is 9.10. The van der Waals surface area contributed by atoms with Gasteiger partial charge < -0.3 is 4.74 Å². The molecule has 0 aliphatic rings. The Hall–Kier alpha value is -0.480. The van der Waals surface area contributed by atoms with Crippen molar-refractivity contribution in [2.45, 2.75) is 32.1 Å². The van der Waals surface area contributed by atoms with Gasteiger partial charge in [0.1, 0.15) is 0 Å². The largest absolute Gasteiger partial charge is 0.381 e. The minimum atomic E-state index is 0.787. The average Bonchev–Trinajstić information content (AvgIpc) is 2.03. The van der Waals surface area contributed by atoms with Crippen LogP contribution in [0.3, 0.4) is 0 Å². The van der Waals surface area contributed by atoms with Crippen molar-refractivity contribution in [1.82, 2.24) is 0 Å². The highest BCUT2D eigenvalue weighted by Gasteiger charge is 1.87. The standard InChI is InChI=1S/C10H17O/c1-3-5-6-7-8-10-11-9-4-2/h1H,2,4-10H2. The van der Waals surface area contributed by atoms with Gasteiger partial charge in [0.15, 0.2) is 0 Å². The van der Waals surface area contributed by atoms with Gasteiger partial charge in [-0.05, 0) is 19.3 Å². The highest BCUT2D eigenvalue weighted by molar-refractivity contribution is 4.82. The first-order valence-corrected chi connectivity index (χ1v) is 4.22. The van der Waals surface area contributed by atoms with E-state index in [-0.39, 0.29) is 0 Å². The molecule has 1 nitrogen and oxygen atoms in total. The van der Waals surface area contributed by atoms with Crippen LogP contribution in [-0.2, 0) is 4.74 Å². The molecule has 0 unspecified atom stereocenters. The molecule has 0 saturated heterocycles. The van der Waals surface area contributed by atoms with E-state index in [0.29, 0.717) is 0 Å². The van der Waals surface area contributed by atoms with E-state index in [9.17, 15) is 0 Å². The third-order valence-corrected chi connectivity index (χ3v) is 1.40. The molecule has 63 valence electrons. The van der Waals surface area contributed by atoms with Gasteiger partial charge in [0.25, 0.3) is 0 Å². The minimum absolute atomic E-state index is 0.787. The maximum absolute atomic E-state index is 5.25. The summed E-state index contributed by atoms with van der Waals surface area (Å²) in [4.78, 5) is 0. The Bertz CT molecular complexity index is 102. The van der Waals surface area contributed by atoms with Crippen molar-refractivity contribution in [3.8, 4) is 12.3 Å². The second-order valence-electron chi connectivity index (χ2n) is 2.48. The average molecular weight is 153 g/mol. The molecule has 0 rings (SSSR count). The van der Waals surface area contributed by atoms with Crippen LogP contribution in [0, 0.1) is 19.3 Å². The number of hydrogen-bond acceptors (Lipinski definition) is 1. The van der Waals surface area contributed by atoms with E-state index in [1.54, 1.807) is 0 Å². The molecule has 0 saturated carbocycles. The zero-order chi connectivity index (χ0) is 8.36. The van der Waals surface area contributed by atoms with E-state index in [0.717, 1.165) is 38.9 Å². The monoisotopic (exact) mass is 153 g/mol. The van der Waals surface area contributed by atoms with Crippen LogP contribution < -0.4 is 0 Å². The molecule has 1 heteroatoms. The van der Waals surface area contributed by atoms with Crippen molar-refractivity contribution in [3.05, 3.63) is 6.92 Å². The highest BCUT2D eigenvalue weighted by atomic mass is 16.5. The van der Waals surface area contributed by atoms with E-state index >= 15 is 0 Å². The van der Waals surface area contributed by atoms with Crippen molar-refractivity contribution < 1.29 is 4.74 Å². The molecule has 0 N–H and O–H groups in total. The smallest absolute Gasteiger partial charge is 0.0466 e. The Morgan fingerprint density at radius 3 is 2.64 bits per heavy atom. The van der Waals surface area contributed by atoms with Gasteiger partial charge in [0.05, 0.1) is 0 Å². The lowest BCUT2D eigenvalue weighted by molar-refractivity contribution is 0.134. The Morgan fingerprint density at radius 1 is 1.18 bits per heavy atom. The van der Waals surface area contributed by atoms with Crippen molar-refractivity contribution in [1.29, 1.82) is 0 Å². The fourth-order valence-electron chi connectivity index (χ4n) is 0.812. The van der Waals surface area contributed by atoms with Crippen molar-refractivity contribution in [2.75, 3.05) is 13.2 Å². The molecule has 0 bridgehead atoms. The van der Waals surface area contributed by atoms with Crippen molar-refractivity contribution in [2.24, 2.45) is 0 Å². The van der Waals surface area contributed by atoms with E-state index < -0.39 is 0 Å². The lowest BCUT2D eigenvalue weighted by atomic mass is 10.2. The topological polar surface area (TPSA) is 9.23 Å². The molecule has 11 heavy (non-hydrogen) atoms. The highest BCUT2D eigenvalue weighted by Crippen LogP contribution is 1.98. The van der Waals surface area contributed by atoms with Gasteiger partial charge in [-0.3, -0.25) is 0 Å². The second kappa shape index (κ2) is 9.52. The third-order valence-electron chi connectivity index (χ3n) is 1.40. The zero-order valence-corrected chi connectivity index (χ0v) is 7.14. The third kappa shape index (κ3) is 9.52. The normalized spacial score (nSPS) is 9.45. The van der Waals surface area contributed by atoms with Crippen LogP contribution in [-0.4, -0.2) is 13.2 Å². The van der Waals surface area contributed by atoms with Crippen LogP contribution in [0.4, 0.5) is 0 Å². The van der Waals surface area contributed by atoms with Crippen LogP contribution in [0.5, 0.6) is 0 Å². The SMILES string of the molecule is C#CCCCCCOCC[CH2]. The van der Waals surface area contributed by atoms with Crippen molar-refractivity contribution >= 4 is 0 Å². The molecule has 0 atom stereocenters. The van der Waals surface area contributed by atoms with Gasteiger partial charge in [-0.1, -0.05) is 13.3 Å². The number of hydrogen-bond donors (Lipinski definition) is 0. The van der Waals surface area contributed by atoms with Gasteiger partial charge in [0, 0.05) is 19.6 Å². The summed E-state index contributed by atoms with van der Waals surface area (Å²) >= 11 is 0. The first-order chi connectivity index (χ1) is 5.41. The van der Waals surface area contributed by atoms with Gasteiger partial charge >= 0.3 is 0 Å². The number of terminal acetylenes is 1. The molecule has 1 radical (unpaired) electrons. The summed E-state index contributed by atoms with van der Waals surface area (Å²) in [5.41, 5.74) is 0. The molecule has 0 aliphatic carbocycles. The molecular formula is C10H17O. The molecule has 0 aromatic rings. The summed E-state index contributed by atoms with van der Waals surface area (Å²) in [6.45, 7) is 5.33. The summed E-state index contributed by atoms with van der Waals surface area (Å²) in [5.74, 6) is 2.62. The lowest BCUT2D eigenvalue weighted by Gasteiger charge is -2.00. The molecule has 0 amide bonds. The van der Waals surface area contributed by atoms with Gasteiger partial charge in [-0.15, -0.1) is 12.3 Å². The summed E-state index contributed by atoms with van der Waals surface area (Å²) in [5, 5.41) is 0. The second-order valence-corrected chi connectivity index (χ2v) is 2.48. The molecule has 0 spiro atoms. The quantitative estimate of drug-likeness (QED) is 0.403. The van der Waals surface area contributed by atoms with Crippen molar-refractivity contribution in [3.63, 3.8) is 0 Å². The number of rotatable bonds is 7. The molecule has 0 aliphatic heterocycles. The van der Waals surface area contributed by atoms with Gasteiger partial charge in [-0.2, -0.15) is 0 Å². The Morgan fingerprint density at radius 2 is 2.00 bits per heavy atom. The molecule has 0 aromatic carbocycles. The fourth-order valence-corrected chi connectivity index (χ4v) is 0.812. The fraction of sp³-hybridized carbons (Fsp3) is 0.700. The van der Waals surface area contributed by atoms with Crippen LogP contribution in [0.1, 0.15) is 32.1 Å². The summed E-state index contributed by atoms with van der Waals surface area (Å²) in [6.07, 6.45) is 10.3. The van der Waals surface area contributed by atoms with Gasteiger partial charge in [-0.25, -0.2) is 0 Å². The summed E-state index contributed by atoms with van der Waals surface area (Å²) in [6, 6.07) is 0. The first kappa shape index (κ1) is 10.5. The van der Waals surface area contributed by atoms with Crippen LogP contribution in [0.15, 0.2) is 0 Å². The van der Waals surface area contributed by atoms with E-state index in [2.05, 4.69) is 12.8 Å². The number of unbranched alkanes of at least 4 members (excludes halogenated alkanes) is 3. The van der Waals surface area contributed by atoms with E-state index in [1.165, 1.54) is 6.42 Å². The van der Waals surface area contributed by atoms with Crippen LogP contribution in [0.2, 0.25) is 0 Å². The summed E-state index contributed by atoms with van der Waals surface area (Å²) < 4.78 is 5.25. The Balaban J connectivity index is 2.75. The number of ether oxygens (including phenoxy) is 1. The Labute approximate surface area is 70.1 Å². The molecule has 0 heterocycles. The molecule has 0 aromatic heterocycles. The maximum atomic E-state index is 5.25. The minimum Gasteiger partial charge on any atom is -0.381 e. The van der Waals surface area contributed by atoms with E-state index in [4.69, 9.17) is 11.2 Å². The zero-order valence-electron chi connectivity index (χ0n) is 7.14. The lowest BCUT2D eigenvalue weighted by Crippen LogP contribution is -1.95. The molecule has 0 fully saturated rings. The predicted octanol–water partition coefficient (Wildman–Crippen LogP) is 2.42. The van der Waals surface area contributed by atoms with Crippen LogP contribution in [0.25, 0.3) is 0 Å². The first-order valence-electron chi connectivity index (χ1n) is 4.22. The van der Waals surface area contributed by atoms with E-state index in [1.807, 2.05) is 0 Å². The summed E-state index contributed by atoms with van der Waals surface area (Å²) in [7, 11) is 0. The predicted molar refractivity (Wildman–Crippen MR) is 48.1 cm³/mol.